The number of nitrogens with zero attached hydrogens (tertiary/aromatic N) is 3. The van der Waals surface area contributed by atoms with Crippen molar-refractivity contribution in [2.24, 2.45) is 5.92 Å². The van der Waals surface area contributed by atoms with Gasteiger partial charge in [-0.1, -0.05) is 6.07 Å². The number of hydrogen-bond acceptors (Lipinski definition) is 8. The van der Waals surface area contributed by atoms with Crippen molar-refractivity contribution in [1.29, 1.82) is 0 Å². The van der Waals surface area contributed by atoms with Gasteiger partial charge in [-0.15, -0.1) is 11.3 Å². The van der Waals surface area contributed by atoms with Gasteiger partial charge in [0.1, 0.15) is 16.4 Å². The molecule has 1 aliphatic carbocycles. The van der Waals surface area contributed by atoms with Gasteiger partial charge in [-0.25, -0.2) is 14.8 Å². The van der Waals surface area contributed by atoms with Crippen LogP contribution in [0.5, 0.6) is 0 Å². The molecular formula is C29H30F3N6O5PS. The smallest absolute Gasteiger partial charge is 0.352 e. The molecule has 0 saturated heterocycles. The van der Waals surface area contributed by atoms with Gasteiger partial charge in [0.15, 0.2) is 14.7 Å². The standard InChI is InChI=1S/C29H30F3N6O5PS/c1-2-33-28(41)37-24-11-19(27-36-23(15-45-27)29(30,31)32)20(12-35-24)17-6-7-18-22(10-17)38(13-16-4-5-16)14-21(25(18)39)26(40)34-8-3-9-43-44-42/h6-7,10-12,14-16,42,44H,2-5,8-9,13H2,1H3,(H,34,40)(H2,33,35,37,41). The quantitative estimate of drug-likeness (QED) is 0.117. The number of urea groups is 1. The lowest BCUT2D eigenvalue weighted by molar-refractivity contribution is -0.140. The van der Waals surface area contributed by atoms with Gasteiger partial charge in [-0.2, -0.15) is 13.2 Å². The Morgan fingerprint density at radius 3 is 2.69 bits per heavy atom. The third-order valence-corrected chi connectivity index (χ3v) is 8.28. The predicted molar refractivity (Wildman–Crippen MR) is 166 cm³/mol. The molecule has 0 aliphatic heterocycles. The monoisotopic (exact) mass is 662 g/mol. The summed E-state index contributed by atoms with van der Waals surface area (Å²) >= 11 is 0.811. The van der Waals surface area contributed by atoms with Crippen LogP contribution in [-0.4, -0.2) is 51.1 Å². The number of thiazole rings is 1. The van der Waals surface area contributed by atoms with Gasteiger partial charge in [-0.05, 0) is 55.9 Å². The Morgan fingerprint density at radius 1 is 1.20 bits per heavy atom. The Kier molecular flexibility index (Phi) is 10.1. The number of fused-ring (bicyclic) bond motifs is 1. The van der Waals surface area contributed by atoms with E-state index in [-0.39, 0.29) is 29.5 Å². The molecule has 1 aliphatic rings. The third-order valence-electron chi connectivity index (χ3n) is 7.07. The second-order valence-electron chi connectivity index (χ2n) is 10.4. The lowest BCUT2D eigenvalue weighted by Crippen LogP contribution is -2.31. The van der Waals surface area contributed by atoms with Crippen molar-refractivity contribution in [3.8, 4) is 21.7 Å². The molecule has 45 heavy (non-hydrogen) atoms. The van der Waals surface area contributed by atoms with E-state index in [1.54, 1.807) is 31.3 Å². The molecule has 4 aromatic rings. The summed E-state index contributed by atoms with van der Waals surface area (Å²) in [4.78, 5) is 55.5. The summed E-state index contributed by atoms with van der Waals surface area (Å²) in [6.45, 7) is 3.20. The zero-order valence-corrected chi connectivity index (χ0v) is 25.8. The maximum Gasteiger partial charge on any atom is 0.434 e. The number of rotatable bonds is 12. The van der Waals surface area contributed by atoms with Gasteiger partial charge >= 0.3 is 12.2 Å². The van der Waals surface area contributed by atoms with Gasteiger partial charge in [-0.3, -0.25) is 14.9 Å². The van der Waals surface area contributed by atoms with Crippen molar-refractivity contribution in [3.63, 3.8) is 0 Å². The molecule has 11 nitrogen and oxygen atoms in total. The molecule has 1 unspecified atom stereocenters. The molecule has 1 fully saturated rings. The first-order chi connectivity index (χ1) is 21.6. The highest BCUT2D eigenvalue weighted by molar-refractivity contribution is 7.24. The summed E-state index contributed by atoms with van der Waals surface area (Å²) < 4.78 is 47.1. The van der Waals surface area contributed by atoms with Gasteiger partial charge < -0.3 is 24.6 Å². The Morgan fingerprint density at radius 2 is 2.00 bits per heavy atom. The van der Waals surface area contributed by atoms with Gasteiger partial charge in [0.2, 0.25) is 5.43 Å². The minimum Gasteiger partial charge on any atom is -0.352 e. The number of halogens is 3. The number of carbonyl (C=O) groups excluding carboxylic acids is 2. The van der Waals surface area contributed by atoms with Crippen LogP contribution in [0.1, 0.15) is 42.2 Å². The third kappa shape index (κ3) is 7.85. The molecule has 1 saturated carbocycles. The molecule has 0 spiro atoms. The number of pyridine rings is 2. The molecule has 3 aromatic heterocycles. The van der Waals surface area contributed by atoms with Crippen molar-refractivity contribution >= 4 is 49.0 Å². The number of benzene rings is 1. The number of nitrogens with one attached hydrogen (secondary N) is 3. The minimum atomic E-state index is -4.64. The number of amides is 3. The largest absolute Gasteiger partial charge is 0.434 e. The van der Waals surface area contributed by atoms with Crippen molar-refractivity contribution < 1.29 is 32.2 Å². The number of anilines is 1. The lowest BCUT2D eigenvalue weighted by atomic mass is 9.99. The van der Waals surface area contributed by atoms with E-state index in [1.807, 2.05) is 4.57 Å². The van der Waals surface area contributed by atoms with Crippen LogP contribution < -0.4 is 21.4 Å². The highest BCUT2D eigenvalue weighted by Crippen LogP contribution is 2.39. The van der Waals surface area contributed by atoms with Crippen molar-refractivity contribution in [1.82, 2.24) is 25.2 Å². The number of carbonyl (C=O) groups is 2. The van der Waals surface area contributed by atoms with E-state index >= 15 is 0 Å². The van der Waals surface area contributed by atoms with Gasteiger partial charge in [0, 0.05) is 53.9 Å². The molecule has 3 amide bonds. The van der Waals surface area contributed by atoms with E-state index < -0.39 is 38.3 Å². The van der Waals surface area contributed by atoms with Crippen LogP contribution in [-0.2, 0) is 17.2 Å². The van der Waals surface area contributed by atoms with Crippen LogP contribution in [0.4, 0.5) is 23.8 Å². The van der Waals surface area contributed by atoms with Crippen molar-refractivity contribution in [3.05, 3.63) is 63.5 Å². The van der Waals surface area contributed by atoms with Crippen LogP contribution in [0, 0.1) is 5.92 Å². The molecule has 0 radical (unpaired) electrons. The van der Waals surface area contributed by atoms with E-state index in [4.69, 9.17) is 9.42 Å². The van der Waals surface area contributed by atoms with Crippen molar-refractivity contribution in [2.45, 2.75) is 38.9 Å². The van der Waals surface area contributed by atoms with E-state index in [2.05, 4.69) is 25.9 Å². The van der Waals surface area contributed by atoms with E-state index in [9.17, 15) is 27.6 Å². The average Bonchev–Trinajstić information content (AvgIpc) is 3.67. The summed E-state index contributed by atoms with van der Waals surface area (Å²) in [6, 6.07) is 5.94. The minimum absolute atomic E-state index is 0.00791. The summed E-state index contributed by atoms with van der Waals surface area (Å²) in [7, 11) is -0.637. The van der Waals surface area contributed by atoms with Gasteiger partial charge in [0.05, 0.1) is 12.1 Å². The Balaban J connectivity index is 1.57. The Bertz CT molecular complexity index is 1780. The number of alkyl halides is 3. The fourth-order valence-corrected chi connectivity index (χ4v) is 5.81. The maximum absolute atomic E-state index is 13.5. The van der Waals surface area contributed by atoms with Crippen LogP contribution in [0.2, 0.25) is 0 Å². The molecule has 5 rings (SSSR count). The molecule has 16 heteroatoms. The number of hydrogen-bond donors (Lipinski definition) is 4. The van der Waals surface area contributed by atoms with E-state index in [0.29, 0.717) is 53.0 Å². The maximum atomic E-state index is 13.5. The zero-order valence-electron chi connectivity index (χ0n) is 24.0. The first-order valence-corrected chi connectivity index (χ1v) is 15.9. The first-order valence-electron chi connectivity index (χ1n) is 14.1. The molecule has 1 atom stereocenters. The summed E-state index contributed by atoms with van der Waals surface area (Å²) in [5.41, 5.74) is 0.379. The molecule has 1 aromatic carbocycles. The normalized spacial score (nSPS) is 13.4. The topological polar surface area (TPSA) is 147 Å². The van der Waals surface area contributed by atoms with E-state index in [1.165, 1.54) is 12.3 Å². The molecule has 4 N–H and O–H groups in total. The highest BCUT2D eigenvalue weighted by Gasteiger charge is 2.34. The molecule has 238 valence electrons. The van der Waals surface area contributed by atoms with E-state index in [0.717, 1.165) is 29.6 Å². The fraction of sp³-hybridized carbons (Fsp3) is 0.345. The average molecular weight is 663 g/mol. The second-order valence-corrected chi connectivity index (χ2v) is 11.7. The SMILES string of the molecule is CCNC(=O)Nc1cc(-c2nc(C(F)(F)F)cs2)c(-c2ccc3c(=O)c(C(=O)NCCCOPO)cn(CC4CC4)c3c2)cn1. The summed E-state index contributed by atoms with van der Waals surface area (Å²) in [5.74, 6) is -0.0125. The lowest BCUT2D eigenvalue weighted by Gasteiger charge is -2.16. The van der Waals surface area contributed by atoms with Crippen molar-refractivity contribution in [2.75, 3.05) is 25.0 Å². The van der Waals surface area contributed by atoms with Crippen LogP contribution >= 0.6 is 20.4 Å². The van der Waals surface area contributed by atoms with Gasteiger partial charge in [0.25, 0.3) is 5.91 Å². The first kappa shape index (κ1) is 32.5. The zero-order chi connectivity index (χ0) is 32.1. The fourth-order valence-electron chi connectivity index (χ4n) is 4.72. The highest BCUT2D eigenvalue weighted by atomic mass is 32.1. The number of aromatic nitrogens is 3. The summed E-state index contributed by atoms with van der Waals surface area (Å²) in [6.07, 6.45) is 0.842. The molecule has 3 heterocycles. The van der Waals surface area contributed by atoms with Crippen LogP contribution in [0.15, 0.2) is 46.8 Å². The Hall–Kier alpha value is -3.91. The summed E-state index contributed by atoms with van der Waals surface area (Å²) in [5, 5.41) is 9.20. The molecule has 0 bridgehead atoms. The molecular weight excluding hydrogens is 632 g/mol. The van der Waals surface area contributed by atoms with Crippen LogP contribution in [0.3, 0.4) is 0 Å². The second kappa shape index (κ2) is 14.0. The Labute approximate surface area is 261 Å². The van der Waals surface area contributed by atoms with Crippen LogP contribution in [0.25, 0.3) is 32.6 Å². The predicted octanol–water partition coefficient (Wildman–Crippen LogP) is 5.39.